The van der Waals surface area contributed by atoms with E-state index in [1.807, 2.05) is 6.07 Å². The molecular weight excluding hydrogens is 449 g/mol. The number of hydrogen-bond donors (Lipinski definition) is 1. The Morgan fingerprint density at radius 3 is 2.57 bits per heavy atom. The molecule has 1 rings (SSSR count). The van der Waals surface area contributed by atoms with Crippen molar-refractivity contribution in [2.75, 3.05) is 9.38 Å². The van der Waals surface area contributed by atoms with Crippen LogP contribution in [0.15, 0.2) is 22.7 Å². The molecule has 3 nitrogen and oxygen atoms in total. The lowest BCUT2D eigenvalue weighted by atomic mass is 10.3. The number of hydrogen-bond acceptors (Lipinski definition) is 2. The summed E-state index contributed by atoms with van der Waals surface area (Å²) in [5, 5.41) is 0. The van der Waals surface area contributed by atoms with Crippen molar-refractivity contribution in [2.24, 2.45) is 0 Å². The van der Waals surface area contributed by atoms with Gasteiger partial charge in [-0.1, -0.05) is 15.9 Å². The molecular formula is C7H6Br2INO2S. The van der Waals surface area contributed by atoms with E-state index >= 15 is 0 Å². The van der Waals surface area contributed by atoms with Gasteiger partial charge >= 0.3 is 0 Å². The largest absolute Gasteiger partial charge is 0.283 e. The third-order valence-electron chi connectivity index (χ3n) is 1.34. The first-order valence-corrected chi connectivity index (χ1v) is 8.10. The van der Waals surface area contributed by atoms with Crippen LogP contribution in [-0.4, -0.2) is 13.1 Å². The summed E-state index contributed by atoms with van der Waals surface area (Å²) in [4.78, 5) is 0. The number of sulfonamides is 1. The van der Waals surface area contributed by atoms with Gasteiger partial charge in [0, 0.05) is 13.7 Å². The van der Waals surface area contributed by atoms with E-state index in [0.717, 1.165) is 8.04 Å². The molecule has 7 heteroatoms. The Kier molecular flexibility index (Phi) is 4.66. The zero-order chi connectivity index (χ0) is 10.8. The molecule has 0 amide bonds. The normalized spacial score (nSPS) is 11.4. The molecule has 14 heavy (non-hydrogen) atoms. The summed E-state index contributed by atoms with van der Waals surface area (Å²) in [5.41, 5.74) is 0.553. The van der Waals surface area contributed by atoms with Crippen LogP contribution in [0.25, 0.3) is 0 Å². The van der Waals surface area contributed by atoms with E-state index < -0.39 is 10.0 Å². The number of anilines is 1. The predicted octanol–water partition coefficient (Wildman–Crippen LogP) is 3.15. The molecule has 0 saturated carbocycles. The third-order valence-corrected chi connectivity index (χ3v) is 6.32. The van der Waals surface area contributed by atoms with Crippen LogP contribution < -0.4 is 4.72 Å². The smallest absolute Gasteiger partial charge is 0.242 e. The Morgan fingerprint density at radius 2 is 2.07 bits per heavy atom. The zero-order valence-corrected chi connectivity index (χ0v) is 12.9. The van der Waals surface area contributed by atoms with Gasteiger partial charge in [-0.25, -0.2) is 8.42 Å². The summed E-state index contributed by atoms with van der Waals surface area (Å²) in [6.07, 6.45) is 0. The van der Waals surface area contributed by atoms with Gasteiger partial charge in [0.2, 0.25) is 10.0 Å². The number of nitrogens with one attached hydrogen (secondary N) is 1. The molecule has 78 valence electrons. The quantitative estimate of drug-likeness (QED) is 0.563. The fourth-order valence-electron chi connectivity index (χ4n) is 0.766. The van der Waals surface area contributed by atoms with E-state index in [4.69, 9.17) is 0 Å². The maximum absolute atomic E-state index is 11.2. The summed E-state index contributed by atoms with van der Waals surface area (Å²) < 4.78 is 26.6. The second kappa shape index (κ2) is 5.13. The molecule has 0 aromatic heterocycles. The fraction of sp³-hybridized carbons (Fsp3) is 0.143. The monoisotopic (exact) mass is 453 g/mol. The molecule has 0 atom stereocenters. The van der Waals surface area contributed by atoms with Crippen LogP contribution in [0, 0.1) is 3.57 Å². The van der Waals surface area contributed by atoms with Gasteiger partial charge in [0.1, 0.15) is 4.66 Å². The minimum absolute atomic E-state index is 0.108. The lowest BCUT2D eigenvalue weighted by molar-refractivity contribution is 0.606. The Labute approximate surface area is 113 Å². The van der Waals surface area contributed by atoms with E-state index in [-0.39, 0.29) is 4.66 Å². The Morgan fingerprint density at radius 1 is 1.43 bits per heavy atom. The van der Waals surface area contributed by atoms with Gasteiger partial charge in [0.25, 0.3) is 0 Å². The summed E-state index contributed by atoms with van der Waals surface area (Å²) >= 11 is 8.37. The lowest BCUT2D eigenvalue weighted by Gasteiger charge is -2.06. The van der Waals surface area contributed by atoms with Crippen molar-refractivity contribution in [3.63, 3.8) is 0 Å². The molecule has 0 aliphatic rings. The molecule has 0 radical (unpaired) electrons. The average molecular weight is 455 g/mol. The van der Waals surface area contributed by atoms with E-state index in [9.17, 15) is 8.42 Å². The Bertz CT molecular complexity index is 435. The molecule has 0 heterocycles. The van der Waals surface area contributed by atoms with Crippen LogP contribution in [0.3, 0.4) is 0 Å². The van der Waals surface area contributed by atoms with Crippen LogP contribution in [0.5, 0.6) is 0 Å². The van der Waals surface area contributed by atoms with Gasteiger partial charge in [0.15, 0.2) is 0 Å². The van der Waals surface area contributed by atoms with Crippen molar-refractivity contribution in [3.05, 3.63) is 26.2 Å². The first-order chi connectivity index (χ1) is 6.44. The highest BCUT2D eigenvalue weighted by atomic mass is 127. The minimum atomic E-state index is -3.26. The number of rotatable bonds is 3. The number of halogens is 3. The van der Waals surface area contributed by atoms with Crippen molar-refractivity contribution in [1.82, 2.24) is 0 Å². The van der Waals surface area contributed by atoms with Crippen LogP contribution in [0.4, 0.5) is 5.69 Å². The SMILES string of the molecule is O=S(=O)(CBr)Nc1ccc(I)c(Br)c1. The highest BCUT2D eigenvalue weighted by molar-refractivity contribution is 14.1. The minimum Gasteiger partial charge on any atom is -0.283 e. The summed E-state index contributed by atoms with van der Waals surface area (Å²) in [5.74, 6) is 0. The predicted molar refractivity (Wildman–Crippen MR) is 73.2 cm³/mol. The number of alkyl halides is 1. The molecule has 1 aromatic rings. The molecule has 0 spiro atoms. The highest BCUT2D eigenvalue weighted by Gasteiger charge is 2.08. The molecule has 1 N–H and O–H groups in total. The van der Waals surface area contributed by atoms with Gasteiger partial charge < -0.3 is 0 Å². The van der Waals surface area contributed by atoms with E-state index in [2.05, 4.69) is 59.2 Å². The number of benzene rings is 1. The van der Waals surface area contributed by atoms with Crippen molar-refractivity contribution in [1.29, 1.82) is 0 Å². The maximum Gasteiger partial charge on any atom is 0.242 e. The van der Waals surface area contributed by atoms with E-state index in [1.165, 1.54) is 0 Å². The Hall–Kier alpha value is 0.660. The zero-order valence-electron chi connectivity index (χ0n) is 6.80. The second-order valence-electron chi connectivity index (χ2n) is 2.45. The molecule has 0 aliphatic heterocycles. The molecule has 0 saturated heterocycles. The summed E-state index contributed by atoms with van der Waals surface area (Å²) in [7, 11) is -3.26. The molecule has 0 aliphatic carbocycles. The summed E-state index contributed by atoms with van der Waals surface area (Å²) in [6, 6.07) is 5.27. The van der Waals surface area contributed by atoms with Crippen LogP contribution in [0.2, 0.25) is 0 Å². The van der Waals surface area contributed by atoms with Gasteiger partial charge in [-0.3, -0.25) is 4.72 Å². The van der Waals surface area contributed by atoms with Crippen molar-refractivity contribution < 1.29 is 8.42 Å². The summed E-state index contributed by atoms with van der Waals surface area (Å²) in [6.45, 7) is 0. The van der Waals surface area contributed by atoms with Crippen molar-refractivity contribution in [3.8, 4) is 0 Å². The molecule has 0 unspecified atom stereocenters. The average Bonchev–Trinajstić information content (AvgIpc) is 2.11. The third kappa shape index (κ3) is 3.67. The van der Waals surface area contributed by atoms with E-state index in [0.29, 0.717) is 5.69 Å². The van der Waals surface area contributed by atoms with E-state index in [1.54, 1.807) is 12.1 Å². The van der Waals surface area contributed by atoms with Gasteiger partial charge in [-0.15, -0.1) is 0 Å². The van der Waals surface area contributed by atoms with Crippen LogP contribution in [-0.2, 0) is 10.0 Å². The van der Waals surface area contributed by atoms with Gasteiger partial charge in [0.05, 0.1) is 0 Å². The molecule has 0 fully saturated rings. The molecule has 1 aromatic carbocycles. The van der Waals surface area contributed by atoms with Crippen LogP contribution >= 0.6 is 54.5 Å². The second-order valence-corrected chi connectivity index (χ2v) is 7.50. The van der Waals surface area contributed by atoms with Crippen LogP contribution in [0.1, 0.15) is 0 Å². The lowest BCUT2D eigenvalue weighted by Crippen LogP contribution is -2.13. The van der Waals surface area contributed by atoms with Crippen molar-refractivity contribution in [2.45, 2.75) is 0 Å². The maximum atomic E-state index is 11.2. The Balaban J connectivity index is 2.94. The fourth-order valence-corrected chi connectivity index (χ4v) is 2.36. The first kappa shape index (κ1) is 12.7. The first-order valence-electron chi connectivity index (χ1n) is 3.46. The standard InChI is InChI=1S/C7H6Br2INO2S/c8-4-14(12,13)11-5-1-2-7(10)6(9)3-5/h1-3,11H,4H2. The van der Waals surface area contributed by atoms with Gasteiger partial charge in [-0.2, -0.15) is 0 Å². The highest BCUT2D eigenvalue weighted by Crippen LogP contribution is 2.23. The van der Waals surface area contributed by atoms with Crippen molar-refractivity contribution >= 4 is 70.2 Å². The topological polar surface area (TPSA) is 46.2 Å². The van der Waals surface area contributed by atoms with Gasteiger partial charge in [-0.05, 0) is 56.7 Å². The molecule has 0 bridgehead atoms.